The first-order valence-electron chi connectivity index (χ1n) is 9.26. The van der Waals surface area contributed by atoms with Gasteiger partial charge < -0.3 is 9.47 Å². The summed E-state index contributed by atoms with van der Waals surface area (Å²) >= 11 is 12.1. The van der Waals surface area contributed by atoms with E-state index in [1.165, 1.54) is 0 Å². The standard InChI is InChI=1S/C24H15Cl2NO4/c1-14-4-2-3-5-18(14)23(28)30-17-9-6-15(7-10-17)12-21-24(29)31-22(27-21)19-11-8-16(25)13-20(19)26/h2-13H,1H3/b21-12-. The Balaban J connectivity index is 1.51. The molecule has 31 heavy (non-hydrogen) atoms. The highest BCUT2D eigenvalue weighted by Crippen LogP contribution is 2.26. The van der Waals surface area contributed by atoms with Crippen molar-refractivity contribution in [2.45, 2.75) is 6.92 Å². The minimum atomic E-state index is -0.587. The summed E-state index contributed by atoms with van der Waals surface area (Å²) in [5, 5.41) is 0.803. The Hall–Kier alpha value is -3.41. The third-order valence-electron chi connectivity index (χ3n) is 4.54. The number of esters is 2. The van der Waals surface area contributed by atoms with Gasteiger partial charge in [-0.3, -0.25) is 0 Å². The molecule has 0 amide bonds. The van der Waals surface area contributed by atoms with E-state index in [0.29, 0.717) is 32.5 Å². The molecule has 5 nitrogen and oxygen atoms in total. The van der Waals surface area contributed by atoms with Crippen LogP contribution in [0.15, 0.2) is 77.4 Å². The Bertz CT molecular complexity index is 1250. The van der Waals surface area contributed by atoms with Crippen molar-refractivity contribution < 1.29 is 19.1 Å². The highest BCUT2D eigenvalue weighted by atomic mass is 35.5. The normalized spacial score (nSPS) is 14.4. The van der Waals surface area contributed by atoms with Crippen molar-refractivity contribution in [2.24, 2.45) is 4.99 Å². The number of rotatable bonds is 4. The Kier molecular flexibility index (Phi) is 5.89. The molecular weight excluding hydrogens is 437 g/mol. The number of nitrogens with zero attached hydrogens (tertiary/aromatic N) is 1. The van der Waals surface area contributed by atoms with Crippen LogP contribution in [0.3, 0.4) is 0 Å². The van der Waals surface area contributed by atoms with E-state index < -0.39 is 11.9 Å². The van der Waals surface area contributed by atoms with Gasteiger partial charge in [0.25, 0.3) is 0 Å². The highest BCUT2D eigenvalue weighted by molar-refractivity contribution is 6.37. The Morgan fingerprint density at radius 2 is 1.77 bits per heavy atom. The van der Waals surface area contributed by atoms with E-state index in [1.807, 2.05) is 19.1 Å². The van der Waals surface area contributed by atoms with Gasteiger partial charge in [-0.2, -0.15) is 0 Å². The molecule has 154 valence electrons. The van der Waals surface area contributed by atoms with Crippen LogP contribution in [0.5, 0.6) is 5.75 Å². The van der Waals surface area contributed by atoms with Crippen LogP contribution < -0.4 is 4.74 Å². The van der Waals surface area contributed by atoms with Crippen molar-refractivity contribution in [1.82, 2.24) is 0 Å². The second-order valence-corrected chi connectivity index (χ2v) is 7.58. The molecular formula is C24H15Cl2NO4. The van der Waals surface area contributed by atoms with Crippen molar-refractivity contribution in [3.63, 3.8) is 0 Å². The lowest BCUT2D eigenvalue weighted by Gasteiger charge is -2.06. The van der Waals surface area contributed by atoms with Crippen LogP contribution in [0.25, 0.3) is 6.08 Å². The molecule has 1 aliphatic rings. The fourth-order valence-electron chi connectivity index (χ4n) is 2.94. The molecule has 0 spiro atoms. The fraction of sp³-hybridized carbons (Fsp3) is 0.0417. The van der Waals surface area contributed by atoms with E-state index in [1.54, 1.807) is 60.7 Å². The largest absolute Gasteiger partial charge is 0.423 e. The molecule has 0 aliphatic carbocycles. The van der Waals surface area contributed by atoms with Gasteiger partial charge in [-0.25, -0.2) is 14.6 Å². The number of ether oxygens (including phenoxy) is 2. The zero-order valence-electron chi connectivity index (χ0n) is 16.3. The first kappa shape index (κ1) is 20.8. The molecule has 0 N–H and O–H groups in total. The minimum absolute atomic E-state index is 0.113. The first-order chi connectivity index (χ1) is 14.9. The predicted molar refractivity (Wildman–Crippen MR) is 120 cm³/mol. The average molecular weight is 452 g/mol. The van der Waals surface area contributed by atoms with Gasteiger partial charge in [-0.1, -0.05) is 53.5 Å². The number of carbonyl (C=O) groups is 2. The maximum absolute atomic E-state index is 12.3. The smallest absolute Gasteiger partial charge is 0.363 e. The monoisotopic (exact) mass is 451 g/mol. The summed E-state index contributed by atoms with van der Waals surface area (Å²) in [6.45, 7) is 1.85. The number of cyclic esters (lactones) is 1. The van der Waals surface area contributed by atoms with Crippen LogP contribution in [0.4, 0.5) is 0 Å². The number of hydrogen-bond acceptors (Lipinski definition) is 5. The maximum Gasteiger partial charge on any atom is 0.363 e. The number of aryl methyl sites for hydroxylation is 1. The Morgan fingerprint density at radius 1 is 1.03 bits per heavy atom. The van der Waals surface area contributed by atoms with E-state index in [4.69, 9.17) is 32.7 Å². The highest BCUT2D eigenvalue weighted by Gasteiger charge is 2.25. The van der Waals surface area contributed by atoms with Gasteiger partial charge in [-0.05, 0) is 60.5 Å². The van der Waals surface area contributed by atoms with Crippen molar-refractivity contribution in [3.8, 4) is 5.75 Å². The number of benzene rings is 3. The number of aliphatic imine (C=N–C) groups is 1. The molecule has 1 aliphatic heterocycles. The molecule has 0 unspecified atom stereocenters. The number of hydrogen-bond donors (Lipinski definition) is 0. The second kappa shape index (κ2) is 8.76. The molecule has 0 aromatic heterocycles. The molecule has 7 heteroatoms. The summed E-state index contributed by atoms with van der Waals surface area (Å²) in [6, 6.07) is 18.7. The summed E-state index contributed by atoms with van der Waals surface area (Å²) in [7, 11) is 0. The molecule has 0 atom stereocenters. The topological polar surface area (TPSA) is 65.0 Å². The second-order valence-electron chi connectivity index (χ2n) is 6.73. The fourth-order valence-corrected chi connectivity index (χ4v) is 3.43. The predicted octanol–water partition coefficient (Wildman–Crippen LogP) is 5.87. The summed E-state index contributed by atoms with van der Waals surface area (Å²) in [5.41, 5.74) is 2.63. The van der Waals surface area contributed by atoms with E-state index in [2.05, 4.69) is 4.99 Å². The Labute approximate surface area is 188 Å². The molecule has 0 fully saturated rings. The van der Waals surface area contributed by atoms with Crippen molar-refractivity contribution in [3.05, 3.63) is 105 Å². The first-order valence-corrected chi connectivity index (χ1v) is 10.0. The van der Waals surface area contributed by atoms with Crippen LogP contribution >= 0.6 is 23.2 Å². The molecule has 0 saturated carbocycles. The Morgan fingerprint density at radius 3 is 2.48 bits per heavy atom. The molecule has 1 heterocycles. The summed E-state index contributed by atoms with van der Waals surface area (Å²) < 4.78 is 10.7. The molecule has 3 aromatic carbocycles. The van der Waals surface area contributed by atoms with Gasteiger partial charge in [0.2, 0.25) is 5.90 Å². The third-order valence-corrected chi connectivity index (χ3v) is 5.09. The summed E-state index contributed by atoms with van der Waals surface area (Å²) in [6.07, 6.45) is 1.58. The van der Waals surface area contributed by atoms with Crippen LogP contribution in [0, 0.1) is 6.92 Å². The zero-order valence-corrected chi connectivity index (χ0v) is 17.8. The number of carbonyl (C=O) groups excluding carboxylic acids is 2. The van der Waals surface area contributed by atoms with Gasteiger partial charge in [0.05, 0.1) is 16.1 Å². The van der Waals surface area contributed by atoms with E-state index in [0.717, 1.165) is 5.56 Å². The summed E-state index contributed by atoms with van der Waals surface area (Å²) in [5.74, 6) is -0.517. The number of halogens is 2. The molecule has 0 saturated heterocycles. The third kappa shape index (κ3) is 4.68. The van der Waals surface area contributed by atoms with Gasteiger partial charge in [0.1, 0.15) is 5.75 Å². The minimum Gasteiger partial charge on any atom is -0.423 e. The SMILES string of the molecule is Cc1ccccc1C(=O)Oc1ccc(/C=C2\N=C(c3ccc(Cl)cc3Cl)OC2=O)cc1. The lowest BCUT2D eigenvalue weighted by Crippen LogP contribution is -2.09. The quantitative estimate of drug-likeness (QED) is 0.282. The molecule has 3 aromatic rings. The van der Waals surface area contributed by atoms with Gasteiger partial charge in [-0.15, -0.1) is 0 Å². The van der Waals surface area contributed by atoms with Gasteiger partial charge in [0, 0.05) is 5.02 Å². The van der Waals surface area contributed by atoms with E-state index in [9.17, 15) is 9.59 Å². The van der Waals surface area contributed by atoms with Crippen LogP contribution in [0.1, 0.15) is 27.0 Å². The van der Waals surface area contributed by atoms with E-state index in [-0.39, 0.29) is 11.6 Å². The van der Waals surface area contributed by atoms with Gasteiger partial charge in [0.15, 0.2) is 5.70 Å². The van der Waals surface area contributed by atoms with Crippen molar-refractivity contribution >= 4 is 47.1 Å². The van der Waals surface area contributed by atoms with E-state index >= 15 is 0 Å². The van der Waals surface area contributed by atoms with Crippen LogP contribution in [0.2, 0.25) is 10.0 Å². The summed E-state index contributed by atoms with van der Waals surface area (Å²) in [4.78, 5) is 28.8. The lowest BCUT2D eigenvalue weighted by molar-refractivity contribution is -0.129. The van der Waals surface area contributed by atoms with Gasteiger partial charge >= 0.3 is 11.9 Å². The average Bonchev–Trinajstić information content (AvgIpc) is 3.09. The molecule has 0 radical (unpaired) electrons. The van der Waals surface area contributed by atoms with Crippen molar-refractivity contribution in [2.75, 3.05) is 0 Å². The molecule has 4 rings (SSSR count). The zero-order chi connectivity index (χ0) is 22.0. The lowest BCUT2D eigenvalue weighted by atomic mass is 10.1. The van der Waals surface area contributed by atoms with Crippen molar-refractivity contribution in [1.29, 1.82) is 0 Å². The van der Waals surface area contributed by atoms with Crippen LogP contribution in [-0.4, -0.2) is 17.8 Å². The molecule has 0 bridgehead atoms. The maximum atomic E-state index is 12.3. The van der Waals surface area contributed by atoms with Crippen LogP contribution in [-0.2, 0) is 9.53 Å².